The number of benzene rings is 2. The average molecular weight is 369 g/mol. The second kappa shape index (κ2) is 7.97. The number of carbonyl (C=O) groups is 2. The van der Waals surface area contributed by atoms with Gasteiger partial charge < -0.3 is 10.1 Å². The van der Waals surface area contributed by atoms with Gasteiger partial charge in [0.05, 0.1) is 34.8 Å². The molecular weight excluding hydrogens is 352 g/mol. The third-order valence-corrected chi connectivity index (χ3v) is 4.16. The molecule has 6 heteroatoms. The van der Waals surface area contributed by atoms with Gasteiger partial charge in [-0.3, -0.25) is 14.6 Å². The molecule has 0 unspecified atom stereocenters. The van der Waals surface area contributed by atoms with E-state index in [1.807, 2.05) is 24.3 Å². The minimum atomic E-state index is -0.407. The fraction of sp³-hybridized carbons (Fsp3) is 0.150. The average Bonchev–Trinajstić information content (AvgIpc) is 2.62. The van der Waals surface area contributed by atoms with Crippen LogP contribution in [0.25, 0.3) is 10.9 Å². The molecule has 0 aliphatic carbocycles. The maximum Gasteiger partial charge on any atom is 0.310 e. The Hall–Kier alpha value is -2.92. The number of hydrogen-bond acceptors (Lipinski definition) is 4. The molecule has 5 nitrogen and oxygen atoms in total. The van der Waals surface area contributed by atoms with E-state index in [1.54, 1.807) is 37.4 Å². The van der Waals surface area contributed by atoms with E-state index in [0.717, 1.165) is 5.39 Å². The van der Waals surface area contributed by atoms with Gasteiger partial charge in [-0.05, 0) is 30.7 Å². The van der Waals surface area contributed by atoms with Crippen molar-refractivity contribution >= 4 is 40.1 Å². The number of nitrogens with one attached hydrogen (secondary N) is 1. The molecule has 1 amide bonds. The number of esters is 1. The van der Waals surface area contributed by atoms with Crippen molar-refractivity contribution in [3.05, 3.63) is 70.9 Å². The van der Waals surface area contributed by atoms with Crippen molar-refractivity contribution in [1.29, 1.82) is 0 Å². The summed E-state index contributed by atoms with van der Waals surface area (Å²) in [4.78, 5) is 29.0. The van der Waals surface area contributed by atoms with Crippen LogP contribution in [-0.4, -0.2) is 23.5 Å². The molecule has 2 aromatic carbocycles. The third-order valence-electron chi connectivity index (χ3n) is 3.85. The van der Waals surface area contributed by atoms with Gasteiger partial charge in [-0.1, -0.05) is 41.9 Å². The van der Waals surface area contributed by atoms with Crippen LogP contribution in [0.2, 0.25) is 5.02 Å². The first kappa shape index (κ1) is 17.9. The van der Waals surface area contributed by atoms with Gasteiger partial charge in [0.1, 0.15) is 0 Å². The lowest BCUT2D eigenvalue weighted by Gasteiger charge is -2.12. The Morgan fingerprint density at radius 3 is 2.69 bits per heavy atom. The first-order valence-corrected chi connectivity index (χ1v) is 8.56. The van der Waals surface area contributed by atoms with Crippen LogP contribution in [0.15, 0.2) is 54.7 Å². The standard InChI is InChI=1S/C20H17ClN2O3/c1-2-26-17(24)12-14-7-3-9-15(21)18(14)20(25)23-16-10-4-6-13-8-5-11-22-19(13)16/h3-11H,2,12H2,1H3,(H,23,25). The molecule has 0 bridgehead atoms. The summed E-state index contributed by atoms with van der Waals surface area (Å²) < 4.78 is 4.97. The molecule has 0 fully saturated rings. The Morgan fingerprint density at radius 1 is 1.12 bits per heavy atom. The summed E-state index contributed by atoms with van der Waals surface area (Å²) in [6.07, 6.45) is 1.64. The predicted molar refractivity (Wildman–Crippen MR) is 101 cm³/mol. The van der Waals surface area contributed by atoms with Gasteiger partial charge in [-0.2, -0.15) is 0 Å². The topological polar surface area (TPSA) is 68.3 Å². The van der Waals surface area contributed by atoms with Gasteiger partial charge in [0.25, 0.3) is 5.91 Å². The van der Waals surface area contributed by atoms with Crippen LogP contribution < -0.4 is 5.32 Å². The molecular formula is C20H17ClN2O3. The van der Waals surface area contributed by atoms with Crippen molar-refractivity contribution in [2.45, 2.75) is 13.3 Å². The van der Waals surface area contributed by atoms with E-state index >= 15 is 0 Å². The van der Waals surface area contributed by atoms with E-state index < -0.39 is 11.9 Å². The van der Waals surface area contributed by atoms with Gasteiger partial charge in [-0.15, -0.1) is 0 Å². The number of ether oxygens (including phenoxy) is 1. The van der Waals surface area contributed by atoms with Gasteiger partial charge >= 0.3 is 5.97 Å². The van der Waals surface area contributed by atoms with Crippen molar-refractivity contribution in [1.82, 2.24) is 4.98 Å². The SMILES string of the molecule is CCOC(=O)Cc1cccc(Cl)c1C(=O)Nc1cccc2cccnc12. The minimum Gasteiger partial charge on any atom is -0.466 e. The third kappa shape index (κ3) is 3.83. The molecule has 0 aliphatic heterocycles. The molecule has 0 spiro atoms. The zero-order valence-corrected chi connectivity index (χ0v) is 14.9. The molecule has 3 rings (SSSR count). The lowest BCUT2D eigenvalue weighted by atomic mass is 10.0. The molecule has 0 atom stereocenters. The maximum atomic E-state index is 12.9. The molecule has 0 saturated heterocycles. The monoisotopic (exact) mass is 368 g/mol. The molecule has 0 aliphatic rings. The highest BCUT2D eigenvalue weighted by Crippen LogP contribution is 2.25. The zero-order chi connectivity index (χ0) is 18.5. The quantitative estimate of drug-likeness (QED) is 0.684. The Kier molecular flexibility index (Phi) is 5.49. The van der Waals surface area contributed by atoms with Gasteiger partial charge in [0.15, 0.2) is 0 Å². The first-order valence-electron chi connectivity index (χ1n) is 8.18. The molecule has 26 heavy (non-hydrogen) atoms. The number of rotatable bonds is 5. The maximum absolute atomic E-state index is 12.9. The fourth-order valence-electron chi connectivity index (χ4n) is 2.73. The molecule has 0 saturated carbocycles. The predicted octanol–water partition coefficient (Wildman–Crippen LogP) is 4.25. The lowest BCUT2D eigenvalue weighted by Crippen LogP contribution is -2.17. The largest absolute Gasteiger partial charge is 0.466 e. The smallest absolute Gasteiger partial charge is 0.310 e. The normalized spacial score (nSPS) is 10.5. The Labute approximate surface area is 156 Å². The Balaban J connectivity index is 1.93. The molecule has 1 aromatic heterocycles. The zero-order valence-electron chi connectivity index (χ0n) is 14.2. The molecule has 1 N–H and O–H groups in total. The fourth-order valence-corrected chi connectivity index (χ4v) is 3.01. The number of para-hydroxylation sites is 1. The minimum absolute atomic E-state index is 0.0229. The first-order chi connectivity index (χ1) is 12.6. The van der Waals surface area contributed by atoms with Crippen molar-refractivity contribution < 1.29 is 14.3 Å². The van der Waals surface area contributed by atoms with Crippen LogP contribution in [0.1, 0.15) is 22.8 Å². The number of nitrogens with zero attached hydrogens (tertiary/aromatic N) is 1. The molecule has 1 heterocycles. The highest BCUT2D eigenvalue weighted by Gasteiger charge is 2.19. The van der Waals surface area contributed by atoms with Gasteiger partial charge in [0.2, 0.25) is 0 Å². The van der Waals surface area contributed by atoms with E-state index in [0.29, 0.717) is 16.8 Å². The Morgan fingerprint density at radius 2 is 1.88 bits per heavy atom. The van der Waals surface area contributed by atoms with Crippen molar-refractivity contribution in [2.24, 2.45) is 0 Å². The molecule has 132 valence electrons. The van der Waals surface area contributed by atoms with E-state index in [2.05, 4.69) is 10.3 Å². The van der Waals surface area contributed by atoms with Crippen molar-refractivity contribution in [2.75, 3.05) is 11.9 Å². The van der Waals surface area contributed by atoms with Gasteiger partial charge in [-0.25, -0.2) is 0 Å². The van der Waals surface area contributed by atoms with Crippen molar-refractivity contribution in [3.63, 3.8) is 0 Å². The van der Waals surface area contributed by atoms with Crippen LogP contribution in [0, 0.1) is 0 Å². The van der Waals surface area contributed by atoms with Crippen LogP contribution in [0.5, 0.6) is 0 Å². The number of amides is 1. The Bertz CT molecular complexity index is 967. The van der Waals surface area contributed by atoms with Crippen LogP contribution in [0.3, 0.4) is 0 Å². The number of hydrogen-bond donors (Lipinski definition) is 1. The van der Waals surface area contributed by atoms with Crippen LogP contribution in [-0.2, 0) is 16.0 Å². The summed E-state index contributed by atoms with van der Waals surface area (Å²) in [6.45, 7) is 2.01. The van der Waals surface area contributed by atoms with Gasteiger partial charge in [0, 0.05) is 11.6 Å². The van der Waals surface area contributed by atoms with E-state index in [1.165, 1.54) is 0 Å². The summed E-state index contributed by atoms with van der Waals surface area (Å²) in [6, 6.07) is 14.3. The summed E-state index contributed by atoms with van der Waals surface area (Å²) in [5.74, 6) is -0.802. The summed E-state index contributed by atoms with van der Waals surface area (Å²) in [5.41, 5.74) is 2.04. The summed E-state index contributed by atoms with van der Waals surface area (Å²) in [7, 11) is 0. The number of carbonyl (C=O) groups excluding carboxylic acids is 2. The second-order valence-corrected chi connectivity index (χ2v) is 6.00. The van der Waals surface area contributed by atoms with Crippen LogP contribution in [0.4, 0.5) is 5.69 Å². The van der Waals surface area contributed by atoms with Crippen LogP contribution >= 0.6 is 11.6 Å². The highest BCUT2D eigenvalue weighted by molar-refractivity contribution is 6.34. The van der Waals surface area contributed by atoms with E-state index in [4.69, 9.17) is 16.3 Å². The highest BCUT2D eigenvalue weighted by atomic mass is 35.5. The number of aromatic nitrogens is 1. The number of anilines is 1. The van der Waals surface area contributed by atoms with E-state index in [9.17, 15) is 9.59 Å². The summed E-state index contributed by atoms with van der Waals surface area (Å²) in [5, 5.41) is 4.04. The lowest BCUT2D eigenvalue weighted by molar-refractivity contribution is -0.142. The molecule has 0 radical (unpaired) electrons. The van der Waals surface area contributed by atoms with E-state index in [-0.39, 0.29) is 23.6 Å². The summed E-state index contributed by atoms with van der Waals surface area (Å²) >= 11 is 6.24. The number of pyridine rings is 1. The molecule has 3 aromatic rings. The second-order valence-electron chi connectivity index (χ2n) is 5.59. The number of fused-ring (bicyclic) bond motifs is 1. The van der Waals surface area contributed by atoms with Crippen molar-refractivity contribution in [3.8, 4) is 0 Å². The number of halogens is 1.